The first kappa shape index (κ1) is 10.4. The summed E-state index contributed by atoms with van der Waals surface area (Å²) < 4.78 is 0. The lowest BCUT2D eigenvalue weighted by Gasteiger charge is -2.03. The number of aryl methyl sites for hydroxylation is 1. The summed E-state index contributed by atoms with van der Waals surface area (Å²) >= 11 is 4.16. The highest BCUT2D eigenvalue weighted by Crippen LogP contribution is 2.14. The molecule has 0 aliphatic heterocycles. The second-order valence-electron chi connectivity index (χ2n) is 3.20. The van der Waals surface area contributed by atoms with Crippen molar-refractivity contribution < 1.29 is 0 Å². The van der Waals surface area contributed by atoms with Crippen LogP contribution < -0.4 is 0 Å². The zero-order valence-corrected chi connectivity index (χ0v) is 9.14. The average Bonchev–Trinajstić information content (AvgIpc) is 2.13. The molecule has 0 N–H and O–H groups in total. The fourth-order valence-corrected chi connectivity index (χ4v) is 1.39. The fourth-order valence-electron chi connectivity index (χ4n) is 1.24. The Morgan fingerprint density at radius 1 is 1.31 bits per heavy atom. The molecule has 70 valence electrons. The third kappa shape index (κ3) is 2.92. The van der Waals surface area contributed by atoms with Gasteiger partial charge in [0.15, 0.2) is 0 Å². The summed E-state index contributed by atoms with van der Waals surface area (Å²) in [5, 5.41) is 0. The van der Waals surface area contributed by atoms with E-state index in [1.54, 1.807) is 0 Å². The molecule has 1 aromatic carbocycles. The standard InChI is InChI=1S/C12H16S/c1-10-6-5-8-12(11(10)2)7-3-4-9-13/h3,5-8,13H,4,9H2,1-2H3. The molecule has 0 fully saturated rings. The lowest BCUT2D eigenvalue weighted by molar-refractivity contribution is 1.26. The zero-order valence-electron chi connectivity index (χ0n) is 8.25. The second-order valence-corrected chi connectivity index (χ2v) is 3.65. The van der Waals surface area contributed by atoms with Crippen molar-refractivity contribution in [2.45, 2.75) is 20.3 Å². The molecule has 0 amide bonds. The molecule has 0 atom stereocenters. The molecule has 13 heavy (non-hydrogen) atoms. The summed E-state index contributed by atoms with van der Waals surface area (Å²) in [6, 6.07) is 6.39. The van der Waals surface area contributed by atoms with Gasteiger partial charge in [0.1, 0.15) is 0 Å². The van der Waals surface area contributed by atoms with Crippen molar-refractivity contribution in [2.24, 2.45) is 0 Å². The van der Waals surface area contributed by atoms with E-state index in [4.69, 9.17) is 0 Å². The molecule has 0 saturated carbocycles. The SMILES string of the molecule is Cc1cccc(C=CCCS)c1C. The van der Waals surface area contributed by atoms with Gasteiger partial charge in [0.25, 0.3) is 0 Å². The van der Waals surface area contributed by atoms with Crippen LogP contribution in [0, 0.1) is 13.8 Å². The molecule has 0 aliphatic carbocycles. The summed E-state index contributed by atoms with van der Waals surface area (Å²) in [4.78, 5) is 0. The van der Waals surface area contributed by atoms with Gasteiger partial charge < -0.3 is 0 Å². The lowest BCUT2D eigenvalue weighted by Crippen LogP contribution is -1.84. The van der Waals surface area contributed by atoms with Crippen molar-refractivity contribution in [3.63, 3.8) is 0 Å². The minimum atomic E-state index is 0.918. The molecule has 0 saturated heterocycles. The summed E-state index contributed by atoms with van der Waals surface area (Å²) in [6.45, 7) is 4.31. The van der Waals surface area contributed by atoms with E-state index in [1.165, 1.54) is 16.7 Å². The molecule has 0 aliphatic rings. The summed E-state index contributed by atoms with van der Waals surface area (Å²) in [5.74, 6) is 0.918. The number of hydrogen-bond acceptors (Lipinski definition) is 1. The average molecular weight is 192 g/mol. The van der Waals surface area contributed by atoms with Crippen LogP contribution in [0.25, 0.3) is 6.08 Å². The van der Waals surface area contributed by atoms with E-state index < -0.39 is 0 Å². The molecular formula is C12H16S. The molecule has 0 heterocycles. The van der Waals surface area contributed by atoms with Crippen LogP contribution in [0.2, 0.25) is 0 Å². The Hall–Kier alpha value is -0.690. The maximum absolute atomic E-state index is 4.16. The summed E-state index contributed by atoms with van der Waals surface area (Å²) in [5.41, 5.74) is 4.05. The van der Waals surface area contributed by atoms with Gasteiger partial charge in [0, 0.05) is 0 Å². The molecule has 0 nitrogen and oxygen atoms in total. The number of rotatable bonds is 3. The first-order valence-corrected chi connectivity index (χ1v) is 5.22. The lowest BCUT2D eigenvalue weighted by atomic mass is 10.0. The van der Waals surface area contributed by atoms with Gasteiger partial charge in [0.2, 0.25) is 0 Å². The van der Waals surface area contributed by atoms with E-state index >= 15 is 0 Å². The topological polar surface area (TPSA) is 0 Å². The Balaban J connectivity index is 2.83. The minimum absolute atomic E-state index is 0.918. The van der Waals surface area contributed by atoms with Crippen LogP contribution in [-0.4, -0.2) is 5.75 Å². The Morgan fingerprint density at radius 2 is 2.08 bits per heavy atom. The van der Waals surface area contributed by atoms with Gasteiger partial charge in [-0.15, -0.1) is 0 Å². The number of hydrogen-bond donors (Lipinski definition) is 1. The maximum atomic E-state index is 4.16. The Morgan fingerprint density at radius 3 is 2.77 bits per heavy atom. The molecule has 0 bridgehead atoms. The van der Waals surface area contributed by atoms with Crippen LogP contribution in [0.1, 0.15) is 23.1 Å². The van der Waals surface area contributed by atoms with Crippen LogP contribution in [0.15, 0.2) is 24.3 Å². The van der Waals surface area contributed by atoms with Crippen LogP contribution in [0.3, 0.4) is 0 Å². The number of thiol groups is 1. The normalized spacial score (nSPS) is 11.0. The highest BCUT2D eigenvalue weighted by Gasteiger charge is 1.95. The molecule has 0 spiro atoms. The van der Waals surface area contributed by atoms with Crippen LogP contribution in [0.5, 0.6) is 0 Å². The van der Waals surface area contributed by atoms with E-state index in [1.807, 2.05) is 0 Å². The minimum Gasteiger partial charge on any atom is -0.179 e. The molecular weight excluding hydrogens is 176 g/mol. The third-order valence-electron chi connectivity index (χ3n) is 2.24. The predicted octanol–water partition coefficient (Wildman–Crippen LogP) is 3.64. The van der Waals surface area contributed by atoms with E-state index in [9.17, 15) is 0 Å². The Labute approximate surface area is 86.1 Å². The van der Waals surface area contributed by atoms with E-state index in [2.05, 4.69) is 56.8 Å². The van der Waals surface area contributed by atoms with Gasteiger partial charge in [-0.3, -0.25) is 0 Å². The van der Waals surface area contributed by atoms with Gasteiger partial charge in [-0.05, 0) is 42.7 Å². The Kier molecular flexibility index (Phi) is 4.10. The predicted molar refractivity (Wildman–Crippen MR) is 63.4 cm³/mol. The summed E-state index contributed by atoms with van der Waals surface area (Å²) in [7, 11) is 0. The highest BCUT2D eigenvalue weighted by molar-refractivity contribution is 7.80. The smallest absolute Gasteiger partial charge is 0.00632 e. The molecule has 0 unspecified atom stereocenters. The monoisotopic (exact) mass is 192 g/mol. The molecule has 1 aromatic rings. The maximum Gasteiger partial charge on any atom is -0.00632 e. The van der Waals surface area contributed by atoms with E-state index in [-0.39, 0.29) is 0 Å². The second kappa shape index (κ2) is 5.13. The van der Waals surface area contributed by atoms with Crippen molar-refractivity contribution >= 4 is 18.7 Å². The van der Waals surface area contributed by atoms with Gasteiger partial charge >= 0.3 is 0 Å². The van der Waals surface area contributed by atoms with Crippen molar-refractivity contribution in [1.29, 1.82) is 0 Å². The van der Waals surface area contributed by atoms with Gasteiger partial charge in [-0.1, -0.05) is 30.4 Å². The molecule has 1 rings (SSSR count). The summed E-state index contributed by atoms with van der Waals surface area (Å²) in [6.07, 6.45) is 5.39. The van der Waals surface area contributed by atoms with Crippen molar-refractivity contribution in [2.75, 3.05) is 5.75 Å². The number of allylic oxidation sites excluding steroid dienone is 1. The zero-order chi connectivity index (χ0) is 9.68. The molecule has 0 aromatic heterocycles. The quantitative estimate of drug-likeness (QED) is 0.695. The van der Waals surface area contributed by atoms with Crippen molar-refractivity contribution in [3.05, 3.63) is 41.0 Å². The molecule has 1 heteroatoms. The third-order valence-corrected chi connectivity index (χ3v) is 2.50. The van der Waals surface area contributed by atoms with Gasteiger partial charge in [0.05, 0.1) is 0 Å². The van der Waals surface area contributed by atoms with Crippen LogP contribution in [0.4, 0.5) is 0 Å². The van der Waals surface area contributed by atoms with Crippen LogP contribution in [-0.2, 0) is 0 Å². The van der Waals surface area contributed by atoms with Crippen molar-refractivity contribution in [1.82, 2.24) is 0 Å². The van der Waals surface area contributed by atoms with E-state index in [0.717, 1.165) is 12.2 Å². The van der Waals surface area contributed by atoms with Crippen LogP contribution >= 0.6 is 12.6 Å². The van der Waals surface area contributed by atoms with Gasteiger partial charge in [-0.25, -0.2) is 0 Å². The largest absolute Gasteiger partial charge is 0.179 e. The molecule has 0 radical (unpaired) electrons. The van der Waals surface area contributed by atoms with Crippen molar-refractivity contribution in [3.8, 4) is 0 Å². The fraction of sp³-hybridized carbons (Fsp3) is 0.333. The Bertz CT molecular complexity index is 300. The number of benzene rings is 1. The van der Waals surface area contributed by atoms with Gasteiger partial charge in [-0.2, -0.15) is 12.6 Å². The highest BCUT2D eigenvalue weighted by atomic mass is 32.1. The van der Waals surface area contributed by atoms with E-state index in [0.29, 0.717) is 0 Å². The first-order valence-electron chi connectivity index (χ1n) is 4.59. The first-order chi connectivity index (χ1) is 6.25.